The molecule has 1 atom stereocenters. The summed E-state index contributed by atoms with van der Waals surface area (Å²) in [6.45, 7) is 2.74. The molecule has 1 aromatic rings. The first-order valence-corrected chi connectivity index (χ1v) is 5.44. The highest BCUT2D eigenvalue weighted by atomic mass is 19.1. The third kappa shape index (κ3) is 2.87. The van der Waals surface area contributed by atoms with Crippen molar-refractivity contribution in [2.45, 2.75) is 18.9 Å². The molecule has 0 saturated carbocycles. The van der Waals surface area contributed by atoms with Crippen molar-refractivity contribution in [1.29, 1.82) is 0 Å². The number of amidine groups is 1. The summed E-state index contributed by atoms with van der Waals surface area (Å²) < 4.78 is 23.7. The summed E-state index contributed by atoms with van der Waals surface area (Å²) in [6.07, 6.45) is 0.627. The van der Waals surface area contributed by atoms with Crippen LogP contribution in [-0.4, -0.2) is 24.8 Å². The van der Waals surface area contributed by atoms with Crippen LogP contribution in [0.25, 0.3) is 0 Å². The molecule has 17 heavy (non-hydrogen) atoms. The molecule has 1 aliphatic heterocycles. The van der Waals surface area contributed by atoms with Gasteiger partial charge in [0.1, 0.15) is 12.1 Å². The Bertz CT molecular complexity index is 436. The number of nitrogens with zero attached hydrogens (tertiary/aromatic N) is 1. The van der Waals surface area contributed by atoms with Crippen LogP contribution in [0.3, 0.4) is 0 Å². The fraction of sp³-hybridized carbons (Fsp3) is 0.417. The summed E-state index contributed by atoms with van der Waals surface area (Å²) in [5.74, 6) is -0.102. The molecule has 92 valence electrons. The van der Waals surface area contributed by atoms with Crippen molar-refractivity contribution in [3.63, 3.8) is 0 Å². The zero-order valence-electron chi connectivity index (χ0n) is 9.65. The highest BCUT2D eigenvalue weighted by Gasteiger charge is 2.30. The highest BCUT2D eigenvalue weighted by molar-refractivity contribution is 5.73. The van der Waals surface area contributed by atoms with E-state index in [1.54, 1.807) is 18.2 Å². The summed E-state index contributed by atoms with van der Waals surface area (Å²) in [5.41, 5.74) is 5.08. The molecule has 0 aliphatic carbocycles. The third-order valence-corrected chi connectivity index (χ3v) is 2.65. The minimum atomic E-state index is -0.366. The molecule has 4 nitrogen and oxygen atoms in total. The SMILES string of the molecule is CC1(CCOc2ccccc2F)COC(N)=N1. The van der Waals surface area contributed by atoms with E-state index in [4.69, 9.17) is 15.2 Å². The maximum Gasteiger partial charge on any atom is 0.282 e. The van der Waals surface area contributed by atoms with Crippen molar-refractivity contribution in [1.82, 2.24) is 0 Å². The fourth-order valence-electron chi connectivity index (χ4n) is 1.63. The predicted molar refractivity (Wildman–Crippen MR) is 62.5 cm³/mol. The lowest BCUT2D eigenvalue weighted by molar-refractivity contribution is 0.213. The second-order valence-corrected chi connectivity index (χ2v) is 4.26. The summed E-state index contributed by atoms with van der Waals surface area (Å²) in [4.78, 5) is 4.17. The Morgan fingerprint density at radius 2 is 2.29 bits per heavy atom. The average Bonchev–Trinajstić information content (AvgIpc) is 2.62. The topological polar surface area (TPSA) is 56.8 Å². The van der Waals surface area contributed by atoms with Gasteiger partial charge in [0.15, 0.2) is 11.6 Å². The molecular weight excluding hydrogens is 223 g/mol. The first-order valence-electron chi connectivity index (χ1n) is 5.44. The summed E-state index contributed by atoms with van der Waals surface area (Å²) >= 11 is 0. The predicted octanol–water partition coefficient (Wildman–Crippen LogP) is 1.70. The van der Waals surface area contributed by atoms with Gasteiger partial charge in [0, 0.05) is 6.42 Å². The second-order valence-electron chi connectivity index (χ2n) is 4.26. The molecule has 1 unspecified atom stereocenters. The average molecular weight is 238 g/mol. The number of hydrogen-bond donors (Lipinski definition) is 1. The van der Waals surface area contributed by atoms with Crippen LogP contribution >= 0.6 is 0 Å². The van der Waals surface area contributed by atoms with Crippen LogP contribution in [0.1, 0.15) is 13.3 Å². The largest absolute Gasteiger partial charge is 0.490 e. The van der Waals surface area contributed by atoms with Crippen LogP contribution in [-0.2, 0) is 4.74 Å². The van der Waals surface area contributed by atoms with Crippen LogP contribution in [0.4, 0.5) is 4.39 Å². The molecule has 2 rings (SSSR count). The van der Waals surface area contributed by atoms with E-state index in [0.717, 1.165) is 0 Å². The van der Waals surface area contributed by atoms with Gasteiger partial charge in [0.2, 0.25) is 0 Å². The molecular formula is C12H15FN2O2. The summed E-state index contributed by atoms with van der Waals surface area (Å²) in [5, 5.41) is 0. The molecule has 2 N–H and O–H groups in total. The Balaban J connectivity index is 1.86. The number of nitrogens with two attached hydrogens (primary N) is 1. The number of ether oxygens (including phenoxy) is 2. The van der Waals surface area contributed by atoms with Crippen LogP contribution in [0.5, 0.6) is 5.75 Å². The standard InChI is InChI=1S/C12H15FN2O2/c1-12(8-17-11(14)15-12)6-7-16-10-5-3-2-4-9(10)13/h2-5H,6-8H2,1H3,(H2,14,15). The molecule has 0 saturated heterocycles. The number of benzene rings is 1. The first kappa shape index (κ1) is 11.7. The number of aliphatic imine (C=N–C) groups is 1. The van der Waals surface area contributed by atoms with E-state index in [0.29, 0.717) is 19.6 Å². The zero-order chi connectivity index (χ0) is 12.3. The van der Waals surface area contributed by atoms with Gasteiger partial charge in [-0.25, -0.2) is 9.38 Å². The van der Waals surface area contributed by atoms with Crippen molar-refractivity contribution >= 4 is 6.02 Å². The lowest BCUT2D eigenvalue weighted by Gasteiger charge is -2.18. The number of para-hydroxylation sites is 1. The van der Waals surface area contributed by atoms with E-state index in [2.05, 4.69) is 4.99 Å². The molecule has 0 spiro atoms. The van der Waals surface area contributed by atoms with E-state index in [9.17, 15) is 4.39 Å². The van der Waals surface area contributed by atoms with Crippen molar-refractivity contribution in [2.75, 3.05) is 13.2 Å². The fourth-order valence-corrected chi connectivity index (χ4v) is 1.63. The Labute approximate surface area is 99.2 Å². The molecule has 1 aromatic carbocycles. The lowest BCUT2D eigenvalue weighted by Crippen LogP contribution is -2.26. The van der Waals surface area contributed by atoms with Crippen LogP contribution in [0.2, 0.25) is 0 Å². The van der Waals surface area contributed by atoms with Crippen LogP contribution < -0.4 is 10.5 Å². The van der Waals surface area contributed by atoms with Gasteiger partial charge in [-0.15, -0.1) is 0 Å². The molecule has 0 amide bonds. The number of halogens is 1. The van der Waals surface area contributed by atoms with E-state index < -0.39 is 0 Å². The molecule has 5 heteroatoms. The van der Waals surface area contributed by atoms with Crippen LogP contribution in [0.15, 0.2) is 29.3 Å². The normalized spacial score (nSPS) is 23.1. The van der Waals surface area contributed by atoms with E-state index >= 15 is 0 Å². The number of hydrogen-bond acceptors (Lipinski definition) is 4. The minimum Gasteiger partial charge on any atom is -0.490 e. The van der Waals surface area contributed by atoms with E-state index in [1.165, 1.54) is 6.07 Å². The van der Waals surface area contributed by atoms with Gasteiger partial charge >= 0.3 is 0 Å². The van der Waals surface area contributed by atoms with Gasteiger partial charge in [-0.2, -0.15) is 0 Å². The smallest absolute Gasteiger partial charge is 0.282 e. The van der Waals surface area contributed by atoms with Crippen LogP contribution in [0, 0.1) is 5.82 Å². The third-order valence-electron chi connectivity index (χ3n) is 2.65. The van der Waals surface area contributed by atoms with Crippen molar-refractivity contribution in [3.05, 3.63) is 30.1 Å². The lowest BCUT2D eigenvalue weighted by atomic mass is 10.0. The van der Waals surface area contributed by atoms with Gasteiger partial charge < -0.3 is 15.2 Å². The quantitative estimate of drug-likeness (QED) is 0.868. The summed E-state index contributed by atoms with van der Waals surface area (Å²) in [7, 11) is 0. The van der Waals surface area contributed by atoms with E-state index in [-0.39, 0.29) is 23.1 Å². The van der Waals surface area contributed by atoms with E-state index in [1.807, 2.05) is 6.92 Å². The second kappa shape index (κ2) is 4.61. The molecule has 0 aromatic heterocycles. The zero-order valence-corrected chi connectivity index (χ0v) is 9.65. The Morgan fingerprint density at radius 1 is 1.53 bits per heavy atom. The highest BCUT2D eigenvalue weighted by Crippen LogP contribution is 2.22. The van der Waals surface area contributed by atoms with Gasteiger partial charge in [-0.05, 0) is 19.1 Å². The maximum absolute atomic E-state index is 13.3. The molecule has 0 fully saturated rings. The Hall–Kier alpha value is -1.78. The summed E-state index contributed by atoms with van der Waals surface area (Å²) in [6, 6.07) is 6.53. The van der Waals surface area contributed by atoms with Crippen molar-refractivity contribution in [3.8, 4) is 5.75 Å². The minimum absolute atomic E-state index is 0.207. The monoisotopic (exact) mass is 238 g/mol. The first-order chi connectivity index (χ1) is 8.09. The van der Waals surface area contributed by atoms with Gasteiger partial charge in [0.05, 0.1) is 6.61 Å². The van der Waals surface area contributed by atoms with Gasteiger partial charge in [-0.3, -0.25) is 0 Å². The van der Waals surface area contributed by atoms with Gasteiger partial charge in [-0.1, -0.05) is 12.1 Å². The van der Waals surface area contributed by atoms with Gasteiger partial charge in [0.25, 0.3) is 6.02 Å². The van der Waals surface area contributed by atoms with Crippen molar-refractivity contribution < 1.29 is 13.9 Å². The molecule has 0 radical (unpaired) electrons. The Morgan fingerprint density at radius 3 is 2.94 bits per heavy atom. The Kier molecular flexibility index (Phi) is 3.17. The number of rotatable bonds is 4. The molecule has 1 heterocycles. The van der Waals surface area contributed by atoms with Crippen molar-refractivity contribution in [2.24, 2.45) is 10.7 Å². The molecule has 0 bridgehead atoms. The maximum atomic E-state index is 13.3. The molecule has 1 aliphatic rings.